The highest BCUT2D eigenvalue weighted by Gasteiger charge is 2.15. The van der Waals surface area contributed by atoms with E-state index >= 15 is 0 Å². The molecule has 32 heavy (non-hydrogen) atoms. The first-order valence-electron chi connectivity index (χ1n) is 10.5. The van der Waals surface area contributed by atoms with Crippen molar-refractivity contribution < 1.29 is 4.79 Å². The number of carbonyl (C=O) groups is 1. The number of nitrogens with one attached hydrogen (secondary N) is 1. The summed E-state index contributed by atoms with van der Waals surface area (Å²) in [5, 5.41) is 8.21. The standard InChI is InChI=1S/C24H23N7O/c1-15(2)31-23-18(13-28-31)10-19(16(3)29-23)24(32)26-12-17-8-9-22(25-11-17)30-14-27-20-6-4-5-7-21(20)30/h4-11,13-15H,12H2,1-3H3,(H,26,32). The Kier molecular flexibility index (Phi) is 4.89. The van der Waals surface area contributed by atoms with E-state index in [1.54, 1.807) is 18.7 Å². The zero-order valence-corrected chi connectivity index (χ0v) is 18.1. The topological polar surface area (TPSA) is 90.5 Å². The SMILES string of the molecule is Cc1nc2c(cnn2C(C)C)cc1C(=O)NCc1ccc(-n2cnc3ccccc32)nc1. The fourth-order valence-corrected chi connectivity index (χ4v) is 3.76. The molecule has 1 aromatic carbocycles. The summed E-state index contributed by atoms with van der Waals surface area (Å²) in [4.78, 5) is 26.4. The molecule has 0 radical (unpaired) electrons. The van der Waals surface area contributed by atoms with Crippen LogP contribution in [0.2, 0.25) is 0 Å². The van der Waals surface area contributed by atoms with Crippen molar-refractivity contribution in [3.63, 3.8) is 0 Å². The molecule has 1 amide bonds. The molecular weight excluding hydrogens is 402 g/mol. The number of amides is 1. The molecule has 0 aliphatic rings. The molecule has 5 rings (SSSR count). The first-order valence-corrected chi connectivity index (χ1v) is 10.5. The van der Waals surface area contributed by atoms with E-state index in [-0.39, 0.29) is 11.9 Å². The minimum atomic E-state index is -0.168. The summed E-state index contributed by atoms with van der Waals surface area (Å²) in [6, 6.07) is 13.9. The number of nitrogens with zero attached hydrogens (tertiary/aromatic N) is 6. The van der Waals surface area contributed by atoms with Crippen molar-refractivity contribution in [3.05, 3.63) is 78.0 Å². The van der Waals surface area contributed by atoms with Crippen LogP contribution >= 0.6 is 0 Å². The van der Waals surface area contributed by atoms with Gasteiger partial charge in [-0.3, -0.25) is 9.36 Å². The lowest BCUT2D eigenvalue weighted by Gasteiger charge is -2.10. The van der Waals surface area contributed by atoms with E-state index in [4.69, 9.17) is 0 Å². The Morgan fingerprint density at radius 1 is 1.09 bits per heavy atom. The average Bonchev–Trinajstić information content (AvgIpc) is 3.41. The van der Waals surface area contributed by atoms with Crippen LogP contribution in [0.15, 0.2) is 61.2 Å². The summed E-state index contributed by atoms with van der Waals surface area (Å²) in [5.41, 5.74) is 4.85. The number of para-hydroxylation sites is 2. The number of benzene rings is 1. The molecule has 0 fully saturated rings. The van der Waals surface area contributed by atoms with Gasteiger partial charge in [0.2, 0.25) is 0 Å². The van der Waals surface area contributed by atoms with E-state index < -0.39 is 0 Å². The highest BCUT2D eigenvalue weighted by atomic mass is 16.1. The molecule has 1 N–H and O–H groups in total. The lowest BCUT2D eigenvalue weighted by Crippen LogP contribution is -2.24. The minimum absolute atomic E-state index is 0.168. The molecule has 0 bridgehead atoms. The van der Waals surface area contributed by atoms with Crippen molar-refractivity contribution in [2.45, 2.75) is 33.4 Å². The number of hydrogen-bond donors (Lipinski definition) is 1. The Morgan fingerprint density at radius 3 is 2.72 bits per heavy atom. The second-order valence-corrected chi connectivity index (χ2v) is 8.03. The van der Waals surface area contributed by atoms with Gasteiger partial charge in [0.25, 0.3) is 5.91 Å². The third-order valence-electron chi connectivity index (χ3n) is 5.46. The zero-order chi connectivity index (χ0) is 22.2. The van der Waals surface area contributed by atoms with Crippen molar-refractivity contribution in [1.82, 2.24) is 34.6 Å². The van der Waals surface area contributed by atoms with E-state index in [0.717, 1.165) is 33.4 Å². The molecule has 0 atom stereocenters. The second kappa shape index (κ2) is 7.88. The molecule has 0 aliphatic heterocycles. The van der Waals surface area contributed by atoms with Gasteiger partial charge in [-0.1, -0.05) is 18.2 Å². The monoisotopic (exact) mass is 425 g/mol. The lowest BCUT2D eigenvalue weighted by atomic mass is 10.1. The van der Waals surface area contributed by atoms with Gasteiger partial charge in [0.1, 0.15) is 12.1 Å². The molecule has 0 aliphatic carbocycles. The third kappa shape index (κ3) is 3.49. The highest BCUT2D eigenvalue weighted by molar-refractivity contribution is 5.98. The molecule has 160 valence electrons. The van der Waals surface area contributed by atoms with Crippen molar-refractivity contribution in [2.75, 3.05) is 0 Å². The first-order chi connectivity index (χ1) is 15.5. The number of rotatable bonds is 5. The summed E-state index contributed by atoms with van der Waals surface area (Å²) in [7, 11) is 0. The van der Waals surface area contributed by atoms with E-state index in [0.29, 0.717) is 17.8 Å². The quantitative estimate of drug-likeness (QED) is 0.460. The van der Waals surface area contributed by atoms with E-state index in [9.17, 15) is 4.79 Å². The van der Waals surface area contributed by atoms with Crippen LogP contribution in [0.25, 0.3) is 27.9 Å². The van der Waals surface area contributed by atoms with Gasteiger partial charge in [-0.05, 0) is 50.6 Å². The molecule has 0 spiro atoms. The molecule has 0 unspecified atom stereocenters. The largest absolute Gasteiger partial charge is 0.348 e. The summed E-state index contributed by atoms with van der Waals surface area (Å²) >= 11 is 0. The first kappa shape index (κ1) is 19.9. The van der Waals surface area contributed by atoms with Gasteiger partial charge in [-0.2, -0.15) is 5.10 Å². The minimum Gasteiger partial charge on any atom is -0.348 e. The number of aromatic nitrogens is 6. The fraction of sp³-hybridized carbons (Fsp3) is 0.208. The van der Waals surface area contributed by atoms with Crippen LogP contribution in [0.4, 0.5) is 0 Å². The number of imidazole rings is 1. The molecule has 8 heteroatoms. The normalized spacial score (nSPS) is 11.5. The Hall–Kier alpha value is -4.07. The van der Waals surface area contributed by atoms with E-state index in [1.165, 1.54) is 0 Å². The number of fused-ring (bicyclic) bond motifs is 2. The van der Waals surface area contributed by atoms with Crippen LogP contribution in [-0.4, -0.2) is 35.2 Å². The predicted octanol–water partition coefficient (Wildman–Crippen LogP) is 3.98. The molecular formula is C24H23N7O. The second-order valence-electron chi connectivity index (χ2n) is 8.03. The fourth-order valence-electron chi connectivity index (χ4n) is 3.76. The van der Waals surface area contributed by atoms with Crippen LogP contribution < -0.4 is 5.32 Å². The summed E-state index contributed by atoms with van der Waals surface area (Å²) < 4.78 is 3.81. The van der Waals surface area contributed by atoms with Crippen LogP contribution in [-0.2, 0) is 6.54 Å². The van der Waals surface area contributed by atoms with Crippen LogP contribution in [0.3, 0.4) is 0 Å². The number of pyridine rings is 2. The average molecular weight is 425 g/mol. The predicted molar refractivity (Wildman–Crippen MR) is 123 cm³/mol. The summed E-state index contributed by atoms with van der Waals surface area (Å²) in [5.74, 6) is 0.611. The van der Waals surface area contributed by atoms with Gasteiger partial charge in [-0.25, -0.2) is 19.6 Å². The number of aryl methyl sites for hydroxylation is 1. The molecule has 8 nitrogen and oxygen atoms in total. The van der Waals surface area contributed by atoms with Gasteiger partial charge < -0.3 is 5.32 Å². The van der Waals surface area contributed by atoms with Gasteiger partial charge in [-0.15, -0.1) is 0 Å². The zero-order valence-electron chi connectivity index (χ0n) is 18.1. The maximum atomic E-state index is 12.8. The van der Waals surface area contributed by atoms with Crippen molar-refractivity contribution in [1.29, 1.82) is 0 Å². The van der Waals surface area contributed by atoms with Crippen molar-refractivity contribution >= 4 is 28.0 Å². The molecule has 5 aromatic rings. The maximum Gasteiger partial charge on any atom is 0.253 e. The molecule has 0 saturated heterocycles. The van der Waals surface area contributed by atoms with Crippen LogP contribution in [0.1, 0.15) is 41.5 Å². The van der Waals surface area contributed by atoms with E-state index in [1.807, 2.05) is 58.6 Å². The maximum absolute atomic E-state index is 12.8. The summed E-state index contributed by atoms with van der Waals surface area (Å²) in [6.07, 6.45) is 5.29. The number of hydrogen-bond acceptors (Lipinski definition) is 5. The third-order valence-corrected chi connectivity index (χ3v) is 5.46. The number of carbonyl (C=O) groups excluding carboxylic acids is 1. The smallest absolute Gasteiger partial charge is 0.253 e. The van der Waals surface area contributed by atoms with Gasteiger partial charge in [0.15, 0.2) is 5.65 Å². The summed E-state index contributed by atoms with van der Waals surface area (Å²) in [6.45, 7) is 6.33. The Bertz CT molecular complexity index is 1430. The molecule has 0 saturated carbocycles. The Morgan fingerprint density at radius 2 is 1.94 bits per heavy atom. The van der Waals surface area contributed by atoms with Crippen LogP contribution in [0, 0.1) is 6.92 Å². The van der Waals surface area contributed by atoms with E-state index in [2.05, 4.69) is 39.2 Å². The van der Waals surface area contributed by atoms with Crippen LogP contribution in [0.5, 0.6) is 0 Å². The van der Waals surface area contributed by atoms with Crippen molar-refractivity contribution in [2.24, 2.45) is 0 Å². The Balaban J connectivity index is 1.31. The van der Waals surface area contributed by atoms with Gasteiger partial charge in [0, 0.05) is 24.2 Å². The molecule has 4 aromatic heterocycles. The molecule has 4 heterocycles. The van der Waals surface area contributed by atoms with Crippen molar-refractivity contribution in [3.8, 4) is 5.82 Å². The van der Waals surface area contributed by atoms with Gasteiger partial charge >= 0.3 is 0 Å². The Labute approximate surface area is 184 Å². The lowest BCUT2D eigenvalue weighted by molar-refractivity contribution is 0.0950. The highest BCUT2D eigenvalue weighted by Crippen LogP contribution is 2.20. The van der Waals surface area contributed by atoms with Gasteiger partial charge in [0.05, 0.1) is 28.5 Å².